The Kier molecular flexibility index (Phi) is 5.11. The molecule has 4 rings (SSSR count). The highest BCUT2D eigenvalue weighted by Crippen LogP contribution is 2.43. The fourth-order valence-electron chi connectivity index (χ4n) is 3.31. The van der Waals surface area contributed by atoms with Crippen molar-refractivity contribution in [1.82, 2.24) is 14.6 Å². The molecule has 26 heavy (non-hydrogen) atoms. The van der Waals surface area contributed by atoms with Gasteiger partial charge in [0.25, 0.3) is 0 Å². The summed E-state index contributed by atoms with van der Waals surface area (Å²) in [6.45, 7) is 9.55. The minimum absolute atomic E-state index is 0.592. The monoisotopic (exact) mass is 386 g/mol. The Hall–Kier alpha value is -1.70. The highest BCUT2D eigenvalue weighted by atomic mass is 32.2. The van der Waals surface area contributed by atoms with Gasteiger partial charge >= 0.3 is 0 Å². The van der Waals surface area contributed by atoms with Crippen molar-refractivity contribution < 1.29 is 4.74 Å². The van der Waals surface area contributed by atoms with E-state index in [0.29, 0.717) is 5.92 Å². The van der Waals surface area contributed by atoms with Gasteiger partial charge in [-0.1, -0.05) is 0 Å². The van der Waals surface area contributed by atoms with Crippen molar-refractivity contribution in [2.45, 2.75) is 43.3 Å². The van der Waals surface area contributed by atoms with Gasteiger partial charge in [0.15, 0.2) is 5.65 Å². The maximum Gasteiger partial charge on any atom is 0.156 e. The molecule has 0 aromatic carbocycles. The summed E-state index contributed by atoms with van der Waals surface area (Å²) < 4.78 is 7.37. The molecule has 0 radical (unpaired) electrons. The number of thioether (sulfide) groups is 1. The van der Waals surface area contributed by atoms with Crippen LogP contribution < -0.4 is 0 Å². The van der Waals surface area contributed by atoms with Gasteiger partial charge in [-0.15, -0.1) is 23.1 Å². The van der Waals surface area contributed by atoms with Crippen LogP contribution in [0.4, 0.5) is 5.00 Å². The van der Waals surface area contributed by atoms with E-state index in [0.717, 1.165) is 59.4 Å². The molecule has 0 amide bonds. The molecule has 0 saturated carbocycles. The molecule has 0 aliphatic carbocycles. The molecule has 4 heterocycles. The number of imidazole rings is 1. The zero-order valence-corrected chi connectivity index (χ0v) is 16.7. The first kappa shape index (κ1) is 17.7. The third-order valence-electron chi connectivity index (χ3n) is 4.62. The van der Waals surface area contributed by atoms with Crippen LogP contribution in [0.1, 0.15) is 40.6 Å². The van der Waals surface area contributed by atoms with Gasteiger partial charge in [-0.3, -0.25) is 4.99 Å². The van der Waals surface area contributed by atoms with E-state index < -0.39 is 0 Å². The number of hydrogen-bond acceptors (Lipinski definition) is 6. The zero-order chi connectivity index (χ0) is 18.1. The van der Waals surface area contributed by atoms with Crippen LogP contribution in [0.15, 0.2) is 28.2 Å². The van der Waals surface area contributed by atoms with E-state index in [4.69, 9.17) is 9.84 Å². The first-order chi connectivity index (χ1) is 12.6. The Morgan fingerprint density at radius 3 is 2.92 bits per heavy atom. The van der Waals surface area contributed by atoms with E-state index in [1.54, 1.807) is 23.1 Å². The average Bonchev–Trinajstić information content (AvgIpc) is 3.23. The molecule has 0 bridgehead atoms. The quantitative estimate of drug-likeness (QED) is 0.461. The van der Waals surface area contributed by atoms with Gasteiger partial charge in [0, 0.05) is 28.7 Å². The summed E-state index contributed by atoms with van der Waals surface area (Å²) >= 11 is 3.55. The summed E-state index contributed by atoms with van der Waals surface area (Å²) in [5, 5.41) is 5.72. The highest BCUT2D eigenvalue weighted by Gasteiger charge is 2.20. The number of hydrogen-bond donors (Lipinski definition) is 0. The summed E-state index contributed by atoms with van der Waals surface area (Å²) in [4.78, 5) is 11.4. The zero-order valence-electron chi connectivity index (χ0n) is 15.1. The maximum absolute atomic E-state index is 5.49. The summed E-state index contributed by atoms with van der Waals surface area (Å²) in [6, 6.07) is 4.42. The number of thiophene rings is 1. The predicted molar refractivity (Wildman–Crippen MR) is 108 cm³/mol. The molecule has 3 aromatic heterocycles. The average molecular weight is 387 g/mol. The van der Waals surface area contributed by atoms with E-state index in [9.17, 15) is 0 Å². The molecule has 1 aliphatic heterocycles. The maximum atomic E-state index is 5.49. The molecule has 1 saturated heterocycles. The topological polar surface area (TPSA) is 51.8 Å². The lowest BCUT2D eigenvalue weighted by Gasteiger charge is -2.20. The predicted octanol–water partition coefficient (Wildman–Crippen LogP) is 4.93. The molecule has 0 unspecified atom stereocenters. The standard InChI is InChI=1S/C19H22N4OS2/c1-12-8-15(22-23-10-13(2)21-18(12)23)11-25-17-9-16(26-19(17)20-3)14-4-6-24-7-5-14/h8-10,14H,3-7,11H2,1-2H3. The largest absolute Gasteiger partial charge is 0.381 e. The molecule has 5 nitrogen and oxygen atoms in total. The second kappa shape index (κ2) is 7.50. The van der Waals surface area contributed by atoms with Crippen molar-refractivity contribution in [3.8, 4) is 0 Å². The van der Waals surface area contributed by atoms with Crippen molar-refractivity contribution in [2.75, 3.05) is 13.2 Å². The molecule has 0 spiro atoms. The van der Waals surface area contributed by atoms with Crippen LogP contribution in [0.25, 0.3) is 5.65 Å². The van der Waals surface area contributed by atoms with Crippen molar-refractivity contribution in [2.24, 2.45) is 4.99 Å². The van der Waals surface area contributed by atoms with Crippen LogP contribution in [0, 0.1) is 13.8 Å². The van der Waals surface area contributed by atoms with Crippen molar-refractivity contribution >= 4 is 40.5 Å². The number of rotatable bonds is 5. The van der Waals surface area contributed by atoms with Gasteiger partial charge in [0.1, 0.15) is 5.00 Å². The van der Waals surface area contributed by atoms with E-state index >= 15 is 0 Å². The highest BCUT2D eigenvalue weighted by molar-refractivity contribution is 7.98. The van der Waals surface area contributed by atoms with Gasteiger partial charge < -0.3 is 4.74 Å². The summed E-state index contributed by atoms with van der Waals surface area (Å²) in [5.41, 5.74) is 4.12. The Morgan fingerprint density at radius 2 is 2.15 bits per heavy atom. The smallest absolute Gasteiger partial charge is 0.156 e. The molecule has 136 valence electrons. The lowest BCUT2D eigenvalue weighted by Crippen LogP contribution is -2.12. The number of ether oxygens (including phenoxy) is 1. The summed E-state index contributed by atoms with van der Waals surface area (Å²) in [6.07, 6.45) is 4.16. The van der Waals surface area contributed by atoms with Crippen molar-refractivity contribution in [1.29, 1.82) is 0 Å². The molecular formula is C19H22N4OS2. The minimum atomic E-state index is 0.592. The first-order valence-corrected chi connectivity index (χ1v) is 10.6. The fourth-order valence-corrected chi connectivity index (χ4v) is 5.56. The molecule has 1 fully saturated rings. The van der Waals surface area contributed by atoms with E-state index in [1.807, 2.05) is 17.6 Å². The summed E-state index contributed by atoms with van der Waals surface area (Å²) in [7, 11) is 0. The van der Waals surface area contributed by atoms with Gasteiger partial charge in [0.2, 0.25) is 0 Å². The van der Waals surface area contributed by atoms with Gasteiger partial charge in [-0.25, -0.2) is 9.50 Å². The number of aromatic nitrogens is 3. The van der Waals surface area contributed by atoms with E-state index in [2.05, 4.69) is 35.8 Å². The normalized spacial score (nSPS) is 15.6. The first-order valence-electron chi connectivity index (χ1n) is 8.77. The van der Waals surface area contributed by atoms with Crippen LogP contribution in [-0.4, -0.2) is 34.5 Å². The third-order valence-corrected chi connectivity index (χ3v) is 7.04. The second-order valence-electron chi connectivity index (χ2n) is 6.62. The summed E-state index contributed by atoms with van der Waals surface area (Å²) in [5.74, 6) is 1.40. The Balaban J connectivity index is 1.53. The van der Waals surface area contributed by atoms with Crippen LogP contribution in [-0.2, 0) is 10.5 Å². The second-order valence-corrected chi connectivity index (χ2v) is 8.70. The lowest BCUT2D eigenvalue weighted by molar-refractivity contribution is 0.0860. The van der Waals surface area contributed by atoms with Crippen LogP contribution in [0.3, 0.4) is 0 Å². The van der Waals surface area contributed by atoms with Gasteiger partial charge in [-0.2, -0.15) is 5.10 Å². The van der Waals surface area contributed by atoms with Crippen LogP contribution in [0.2, 0.25) is 0 Å². The molecule has 7 heteroatoms. The molecule has 3 aromatic rings. The number of fused-ring (bicyclic) bond motifs is 1. The van der Waals surface area contributed by atoms with Gasteiger partial charge in [-0.05, 0) is 57.0 Å². The molecule has 1 aliphatic rings. The molecular weight excluding hydrogens is 364 g/mol. The molecule has 0 N–H and O–H groups in total. The Morgan fingerprint density at radius 1 is 1.35 bits per heavy atom. The number of aliphatic imine (C=N–C) groups is 1. The van der Waals surface area contributed by atoms with Crippen molar-refractivity contribution in [3.05, 3.63) is 40.2 Å². The Labute approximate surface area is 161 Å². The van der Waals surface area contributed by atoms with Crippen LogP contribution >= 0.6 is 23.1 Å². The minimum Gasteiger partial charge on any atom is -0.381 e. The molecule has 0 atom stereocenters. The third kappa shape index (κ3) is 3.56. The number of nitrogens with zero attached hydrogens (tertiary/aromatic N) is 4. The fraction of sp³-hybridized carbons (Fsp3) is 0.421. The van der Waals surface area contributed by atoms with Crippen LogP contribution in [0.5, 0.6) is 0 Å². The number of aryl methyl sites for hydroxylation is 2. The van der Waals surface area contributed by atoms with Gasteiger partial charge in [0.05, 0.1) is 17.6 Å². The van der Waals surface area contributed by atoms with Crippen molar-refractivity contribution in [3.63, 3.8) is 0 Å². The van der Waals surface area contributed by atoms with E-state index in [-0.39, 0.29) is 0 Å². The van der Waals surface area contributed by atoms with E-state index in [1.165, 1.54) is 9.77 Å². The lowest BCUT2D eigenvalue weighted by atomic mass is 9.99. The SMILES string of the molecule is C=Nc1sc(C2CCOCC2)cc1SCc1cc(C)c2nc(C)cn2n1. The Bertz CT molecular complexity index is 941.